The Labute approximate surface area is 123 Å². The summed E-state index contributed by atoms with van der Waals surface area (Å²) in [5.74, 6) is -1.48. The van der Waals surface area contributed by atoms with Gasteiger partial charge in [-0.05, 0) is 25.3 Å². The zero-order valence-corrected chi connectivity index (χ0v) is 12.0. The lowest BCUT2D eigenvalue weighted by Gasteiger charge is -2.09. The van der Waals surface area contributed by atoms with Crippen molar-refractivity contribution in [3.05, 3.63) is 35.4 Å². The van der Waals surface area contributed by atoms with E-state index in [2.05, 4.69) is 15.8 Å². The Bertz CT molecular complexity index is 519. The number of rotatable bonds is 4. The Balaban J connectivity index is 1.72. The number of aryl methyl sites for hydroxylation is 1. The van der Waals surface area contributed by atoms with Crippen molar-refractivity contribution in [1.29, 1.82) is 0 Å². The lowest BCUT2D eigenvalue weighted by atomic mass is 10.2. The first-order chi connectivity index (χ1) is 10.1. The molecule has 0 saturated carbocycles. The quantitative estimate of drug-likeness (QED) is 0.487. The molecular weight excluding hydrogens is 270 g/mol. The van der Waals surface area contributed by atoms with Crippen molar-refractivity contribution in [2.75, 3.05) is 13.2 Å². The first-order valence-electron chi connectivity index (χ1n) is 6.94. The highest BCUT2D eigenvalue weighted by Gasteiger charge is 2.18. The maximum atomic E-state index is 11.5. The summed E-state index contributed by atoms with van der Waals surface area (Å²) in [6.07, 6.45) is 3.41. The van der Waals surface area contributed by atoms with Crippen LogP contribution in [0.4, 0.5) is 0 Å². The molecule has 1 aliphatic heterocycles. The largest absolute Gasteiger partial charge is 0.376 e. The van der Waals surface area contributed by atoms with Gasteiger partial charge in [0.2, 0.25) is 0 Å². The van der Waals surface area contributed by atoms with E-state index in [4.69, 9.17) is 4.74 Å². The van der Waals surface area contributed by atoms with Crippen molar-refractivity contribution in [3.63, 3.8) is 0 Å². The van der Waals surface area contributed by atoms with Crippen molar-refractivity contribution >= 4 is 18.0 Å². The maximum absolute atomic E-state index is 11.5. The predicted octanol–water partition coefficient (Wildman–Crippen LogP) is 0.740. The molecule has 21 heavy (non-hydrogen) atoms. The van der Waals surface area contributed by atoms with E-state index >= 15 is 0 Å². The van der Waals surface area contributed by atoms with Crippen LogP contribution in [-0.4, -0.2) is 37.3 Å². The molecule has 0 bridgehead atoms. The number of hydrogen-bond acceptors (Lipinski definition) is 4. The molecule has 1 aliphatic rings. The van der Waals surface area contributed by atoms with Crippen LogP contribution < -0.4 is 10.7 Å². The minimum Gasteiger partial charge on any atom is -0.376 e. The van der Waals surface area contributed by atoms with Gasteiger partial charge >= 0.3 is 11.8 Å². The van der Waals surface area contributed by atoms with Gasteiger partial charge in [-0.2, -0.15) is 5.10 Å². The van der Waals surface area contributed by atoms with E-state index in [1.165, 1.54) is 6.21 Å². The number of carbonyl (C=O) groups excluding carboxylic acids is 2. The third-order valence-corrected chi connectivity index (χ3v) is 3.18. The maximum Gasteiger partial charge on any atom is 0.329 e. The second-order valence-corrected chi connectivity index (χ2v) is 4.95. The summed E-state index contributed by atoms with van der Waals surface area (Å²) in [5.41, 5.74) is 4.19. The molecule has 0 unspecified atom stereocenters. The van der Waals surface area contributed by atoms with Crippen molar-refractivity contribution in [2.24, 2.45) is 5.10 Å². The Morgan fingerprint density at radius 3 is 2.76 bits per heavy atom. The highest BCUT2D eigenvalue weighted by molar-refractivity contribution is 6.35. The molecule has 1 heterocycles. The van der Waals surface area contributed by atoms with Crippen LogP contribution in [0, 0.1) is 6.92 Å². The second-order valence-electron chi connectivity index (χ2n) is 4.95. The topological polar surface area (TPSA) is 79.8 Å². The molecule has 6 nitrogen and oxygen atoms in total. The van der Waals surface area contributed by atoms with E-state index in [9.17, 15) is 9.59 Å². The molecule has 0 aromatic heterocycles. The molecule has 1 saturated heterocycles. The van der Waals surface area contributed by atoms with Crippen LogP contribution in [0.15, 0.2) is 29.4 Å². The molecule has 1 aromatic rings. The van der Waals surface area contributed by atoms with Crippen LogP contribution in [0.25, 0.3) is 0 Å². The van der Waals surface area contributed by atoms with Crippen molar-refractivity contribution in [3.8, 4) is 0 Å². The highest BCUT2D eigenvalue weighted by atomic mass is 16.5. The van der Waals surface area contributed by atoms with Crippen LogP contribution in [0.5, 0.6) is 0 Å². The average molecular weight is 289 g/mol. The van der Waals surface area contributed by atoms with Gasteiger partial charge in [-0.1, -0.05) is 29.8 Å². The van der Waals surface area contributed by atoms with Crippen molar-refractivity contribution in [2.45, 2.75) is 25.9 Å². The monoisotopic (exact) mass is 289 g/mol. The Hall–Kier alpha value is -2.21. The van der Waals surface area contributed by atoms with Gasteiger partial charge in [-0.3, -0.25) is 9.59 Å². The Kier molecular flexibility index (Phi) is 5.45. The number of amides is 2. The van der Waals surface area contributed by atoms with Gasteiger partial charge in [0.05, 0.1) is 12.3 Å². The molecule has 6 heteroatoms. The van der Waals surface area contributed by atoms with Gasteiger partial charge in [0, 0.05) is 13.2 Å². The standard InChI is InChI=1S/C15H19N3O3/c1-11-4-6-12(7-5-11)9-17-18-15(20)14(19)16-10-13-3-2-8-21-13/h4-7,9,13H,2-3,8,10H2,1H3,(H,16,19)(H,18,20)/b17-9-/t13-/m1/s1. The smallest absolute Gasteiger partial charge is 0.329 e. The van der Waals surface area contributed by atoms with E-state index < -0.39 is 11.8 Å². The van der Waals surface area contributed by atoms with Crippen molar-refractivity contribution in [1.82, 2.24) is 10.7 Å². The van der Waals surface area contributed by atoms with E-state index in [-0.39, 0.29) is 6.10 Å². The number of ether oxygens (including phenoxy) is 1. The number of benzene rings is 1. The second kappa shape index (κ2) is 7.54. The molecule has 0 spiro atoms. The van der Waals surface area contributed by atoms with E-state index in [1.54, 1.807) is 0 Å². The van der Waals surface area contributed by atoms with Crippen LogP contribution in [0.1, 0.15) is 24.0 Å². The van der Waals surface area contributed by atoms with Gasteiger partial charge in [0.15, 0.2) is 0 Å². The summed E-state index contributed by atoms with van der Waals surface area (Å²) in [6.45, 7) is 3.06. The average Bonchev–Trinajstić information content (AvgIpc) is 3.00. The van der Waals surface area contributed by atoms with Crippen LogP contribution >= 0.6 is 0 Å². The first-order valence-corrected chi connectivity index (χ1v) is 6.94. The van der Waals surface area contributed by atoms with Gasteiger partial charge in [-0.15, -0.1) is 0 Å². The molecular formula is C15H19N3O3. The third kappa shape index (κ3) is 5.00. The fourth-order valence-electron chi connectivity index (χ4n) is 1.96. The lowest BCUT2D eigenvalue weighted by Crippen LogP contribution is -2.41. The summed E-state index contributed by atoms with van der Waals surface area (Å²) < 4.78 is 5.36. The fourth-order valence-corrected chi connectivity index (χ4v) is 1.96. The molecule has 0 radical (unpaired) electrons. The summed E-state index contributed by atoms with van der Waals surface area (Å²) in [5, 5.41) is 6.29. The molecule has 2 rings (SSSR count). The molecule has 2 amide bonds. The first kappa shape index (κ1) is 15.2. The summed E-state index contributed by atoms with van der Waals surface area (Å²) in [4.78, 5) is 23.0. The van der Waals surface area contributed by atoms with E-state index in [0.717, 1.165) is 24.0 Å². The Morgan fingerprint density at radius 1 is 1.33 bits per heavy atom. The SMILES string of the molecule is Cc1ccc(/C=N\NC(=O)C(=O)NC[C@H]2CCCO2)cc1. The van der Waals surface area contributed by atoms with Crippen LogP contribution in [0.2, 0.25) is 0 Å². The molecule has 0 aliphatic carbocycles. The van der Waals surface area contributed by atoms with Crippen molar-refractivity contribution < 1.29 is 14.3 Å². The van der Waals surface area contributed by atoms with Crippen LogP contribution in [0.3, 0.4) is 0 Å². The van der Waals surface area contributed by atoms with Gasteiger partial charge in [-0.25, -0.2) is 5.43 Å². The highest BCUT2D eigenvalue weighted by Crippen LogP contribution is 2.10. The summed E-state index contributed by atoms with van der Waals surface area (Å²) >= 11 is 0. The zero-order chi connectivity index (χ0) is 15.1. The summed E-state index contributed by atoms with van der Waals surface area (Å²) in [6, 6.07) is 7.64. The van der Waals surface area contributed by atoms with E-state index in [1.807, 2.05) is 31.2 Å². The number of hydrogen-bond donors (Lipinski definition) is 2. The minimum atomic E-state index is -0.781. The zero-order valence-electron chi connectivity index (χ0n) is 12.0. The predicted molar refractivity (Wildman–Crippen MR) is 78.9 cm³/mol. The Morgan fingerprint density at radius 2 is 2.10 bits per heavy atom. The number of carbonyl (C=O) groups is 2. The van der Waals surface area contributed by atoms with Gasteiger partial charge in [0.1, 0.15) is 0 Å². The molecule has 2 N–H and O–H groups in total. The van der Waals surface area contributed by atoms with E-state index in [0.29, 0.717) is 13.2 Å². The minimum absolute atomic E-state index is 0.0119. The molecule has 1 atom stereocenters. The molecule has 1 aromatic carbocycles. The number of hydrazone groups is 1. The molecule has 112 valence electrons. The normalized spacial score (nSPS) is 17.9. The number of nitrogens with one attached hydrogen (secondary N) is 2. The number of nitrogens with zero attached hydrogens (tertiary/aromatic N) is 1. The van der Waals surface area contributed by atoms with Gasteiger partial charge < -0.3 is 10.1 Å². The molecule has 1 fully saturated rings. The summed E-state index contributed by atoms with van der Waals surface area (Å²) in [7, 11) is 0. The third-order valence-electron chi connectivity index (χ3n) is 3.18. The van der Waals surface area contributed by atoms with Crippen LogP contribution in [-0.2, 0) is 14.3 Å². The fraction of sp³-hybridized carbons (Fsp3) is 0.400. The van der Waals surface area contributed by atoms with Gasteiger partial charge in [0.25, 0.3) is 0 Å². The lowest BCUT2D eigenvalue weighted by molar-refractivity contribution is -0.139.